The third-order valence-corrected chi connectivity index (χ3v) is 1.91. The first-order valence-electron chi connectivity index (χ1n) is 4.92. The number of Topliss-reactive ketones (excluding diaryl/α,β-unsaturated/α-hetero) is 1. The van der Waals surface area contributed by atoms with Gasteiger partial charge in [-0.1, -0.05) is 12.1 Å². The molecular formula is C11H14N2O3. The summed E-state index contributed by atoms with van der Waals surface area (Å²) in [4.78, 5) is 21.9. The number of rotatable bonds is 4. The molecule has 86 valence electrons. The lowest BCUT2D eigenvalue weighted by atomic mass is 10.3. The topological polar surface area (TPSA) is 78.4 Å². The fraction of sp³-hybridized carbons (Fsp3) is 0.273. The van der Waals surface area contributed by atoms with Gasteiger partial charge in [0.15, 0.2) is 0 Å². The van der Waals surface area contributed by atoms with Gasteiger partial charge in [-0.15, -0.1) is 0 Å². The van der Waals surface area contributed by atoms with Gasteiger partial charge in [0.05, 0.1) is 5.69 Å². The molecule has 0 unspecified atom stereocenters. The van der Waals surface area contributed by atoms with E-state index in [0.29, 0.717) is 12.1 Å². The van der Waals surface area contributed by atoms with Crippen LogP contribution in [0.1, 0.15) is 13.3 Å². The summed E-state index contributed by atoms with van der Waals surface area (Å²) in [6, 6.07) is 5.98. The Labute approximate surface area is 93.5 Å². The molecule has 0 radical (unpaired) electrons. The number of carbonyl (C=O) groups excluding carboxylic acids is 2. The molecule has 16 heavy (non-hydrogen) atoms. The summed E-state index contributed by atoms with van der Waals surface area (Å²) < 4.78 is 0. The Balaban J connectivity index is 2.40. The summed E-state index contributed by atoms with van der Waals surface area (Å²) in [5.74, 6) is 0.0204. The largest absolute Gasteiger partial charge is 0.506 e. The Hall–Kier alpha value is -2.04. The Morgan fingerprint density at radius 1 is 1.31 bits per heavy atom. The van der Waals surface area contributed by atoms with Gasteiger partial charge in [-0.3, -0.25) is 4.79 Å². The molecule has 5 heteroatoms. The Kier molecular flexibility index (Phi) is 4.32. The van der Waals surface area contributed by atoms with Crippen LogP contribution in [0.2, 0.25) is 0 Å². The van der Waals surface area contributed by atoms with Crippen LogP contribution in [0.3, 0.4) is 0 Å². The first kappa shape index (κ1) is 12.0. The van der Waals surface area contributed by atoms with Crippen LogP contribution in [0.5, 0.6) is 5.75 Å². The highest BCUT2D eigenvalue weighted by molar-refractivity contribution is 5.91. The van der Waals surface area contributed by atoms with E-state index in [1.54, 1.807) is 18.2 Å². The number of anilines is 1. The SMILES string of the molecule is CC(=O)CCNC(=O)Nc1ccccc1O. The van der Waals surface area contributed by atoms with E-state index in [0.717, 1.165) is 0 Å². The third kappa shape index (κ3) is 4.00. The zero-order valence-electron chi connectivity index (χ0n) is 8.99. The molecule has 3 N–H and O–H groups in total. The molecule has 0 bridgehead atoms. The minimum atomic E-state index is -0.442. The van der Waals surface area contributed by atoms with Gasteiger partial charge in [-0.05, 0) is 19.1 Å². The molecule has 0 saturated heterocycles. The molecule has 1 aromatic rings. The van der Waals surface area contributed by atoms with Crippen molar-refractivity contribution in [3.63, 3.8) is 0 Å². The van der Waals surface area contributed by atoms with Crippen LogP contribution >= 0.6 is 0 Å². The second-order valence-electron chi connectivity index (χ2n) is 3.35. The van der Waals surface area contributed by atoms with Crippen molar-refractivity contribution in [2.45, 2.75) is 13.3 Å². The molecule has 0 atom stereocenters. The average Bonchev–Trinajstić information content (AvgIpc) is 2.21. The molecule has 2 amide bonds. The summed E-state index contributed by atoms with van der Waals surface area (Å²) in [5, 5.41) is 14.4. The minimum Gasteiger partial charge on any atom is -0.506 e. The van der Waals surface area contributed by atoms with Crippen LogP contribution in [-0.2, 0) is 4.79 Å². The van der Waals surface area contributed by atoms with E-state index in [9.17, 15) is 14.7 Å². The van der Waals surface area contributed by atoms with Gasteiger partial charge in [0.1, 0.15) is 11.5 Å². The molecular weight excluding hydrogens is 208 g/mol. The molecule has 0 spiro atoms. The lowest BCUT2D eigenvalue weighted by Crippen LogP contribution is -2.30. The summed E-state index contributed by atoms with van der Waals surface area (Å²) in [5.41, 5.74) is 0.336. The summed E-state index contributed by atoms with van der Waals surface area (Å²) in [7, 11) is 0. The summed E-state index contributed by atoms with van der Waals surface area (Å²) >= 11 is 0. The number of hydrogen-bond donors (Lipinski definition) is 3. The van der Waals surface area contributed by atoms with Gasteiger partial charge in [0.25, 0.3) is 0 Å². The number of urea groups is 1. The lowest BCUT2D eigenvalue weighted by molar-refractivity contribution is -0.116. The van der Waals surface area contributed by atoms with E-state index in [-0.39, 0.29) is 18.1 Å². The Morgan fingerprint density at radius 3 is 2.62 bits per heavy atom. The number of nitrogens with one attached hydrogen (secondary N) is 2. The van der Waals surface area contributed by atoms with E-state index < -0.39 is 6.03 Å². The number of para-hydroxylation sites is 2. The van der Waals surface area contributed by atoms with Crippen LogP contribution in [0, 0.1) is 0 Å². The molecule has 1 aromatic carbocycles. The second-order valence-corrected chi connectivity index (χ2v) is 3.35. The van der Waals surface area contributed by atoms with Crippen molar-refractivity contribution in [3.8, 4) is 5.75 Å². The number of carbonyl (C=O) groups is 2. The maximum absolute atomic E-state index is 11.3. The molecule has 0 heterocycles. The zero-order chi connectivity index (χ0) is 12.0. The van der Waals surface area contributed by atoms with Crippen molar-refractivity contribution in [1.82, 2.24) is 5.32 Å². The average molecular weight is 222 g/mol. The van der Waals surface area contributed by atoms with Crippen molar-refractivity contribution in [1.29, 1.82) is 0 Å². The number of phenols is 1. The van der Waals surface area contributed by atoms with Gasteiger partial charge >= 0.3 is 6.03 Å². The van der Waals surface area contributed by atoms with Gasteiger partial charge in [0.2, 0.25) is 0 Å². The third-order valence-electron chi connectivity index (χ3n) is 1.91. The van der Waals surface area contributed by atoms with Gasteiger partial charge in [-0.25, -0.2) is 4.79 Å². The van der Waals surface area contributed by atoms with Crippen LogP contribution in [0.4, 0.5) is 10.5 Å². The smallest absolute Gasteiger partial charge is 0.319 e. The maximum atomic E-state index is 11.3. The maximum Gasteiger partial charge on any atom is 0.319 e. The quantitative estimate of drug-likeness (QED) is 0.675. The van der Waals surface area contributed by atoms with Crippen LogP contribution in [0.15, 0.2) is 24.3 Å². The van der Waals surface area contributed by atoms with Crippen LogP contribution in [-0.4, -0.2) is 23.5 Å². The van der Waals surface area contributed by atoms with Crippen LogP contribution in [0.25, 0.3) is 0 Å². The highest BCUT2D eigenvalue weighted by Gasteiger charge is 2.04. The van der Waals surface area contributed by atoms with E-state index in [2.05, 4.69) is 10.6 Å². The number of benzene rings is 1. The number of ketones is 1. The summed E-state index contributed by atoms with van der Waals surface area (Å²) in [6.45, 7) is 1.75. The first-order chi connectivity index (χ1) is 7.59. The van der Waals surface area contributed by atoms with Crippen molar-refractivity contribution < 1.29 is 14.7 Å². The minimum absolute atomic E-state index is 0.00391. The van der Waals surface area contributed by atoms with E-state index in [4.69, 9.17) is 0 Å². The molecule has 0 aromatic heterocycles. The highest BCUT2D eigenvalue weighted by Crippen LogP contribution is 2.20. The van der Waals surface area contributed by atoms with Crippen molar-refractivity contribution in [2.24, 2.45) is 0 Å². The molecule has 5 nitrogen and oxygen atoms in total. The van der Waals surface area contributed by atoms with Gasteiger partial charge in [-0.2, -0.15) is 0 Å². The Morgan fingerprint density at radius 2 is 2.00 bits per heavy atom. The zero-order valence-corrected chi connectivity index (χ0v) is 8.99. The predicted molar refractivity (Wildman–Crippen MR) is 60.4 cm³/mol. The molecule has 0 aliphatic rings. The fourth-order valence-corrected chi connectivity index (χ4v) is 1.10. The van der Waals surface area contributed by atoms with Crippen molar-refractivity contribution >= 4 is 17.5 Å². The summed E-state index contributed by atoms with van der Waals surface area (Å²) in [6.07, 6.45) is 0.300. The molecule has 0 aliphatic heterocycles. The Bertz CT molecular complexity index is 391. The normalized spacial score (nSPS) is 9.56. The number of aromatic hydroxyl groups is 1. The number of amides is 2. The molecule has 0 saturated carbocycles. The monoisotopic (exact) mass is 222 g/mol. The van der Waals surface area contributed by atoms with Gasteiger partial charge < -0.3 is 15.7 Å². The first-order valence-corrected chi connectivity index (χ1v) is 4.92. The molecule has 0 fully saturated rings. The molecule has 1 rings (SSSR count). The molecule has 0 aliphatic carbocycles. The van der Waals surface area contributed by atoms with Gasteiger partial charge in [0, 0.05) is 13.0 Å². The van der Waals surface area contributed by atoms with E-state index in [1.807, 2.05) is 0 Å². The van der Waals surface area contributed by atoms with E-state index >= 15 is 0 Å². The standard InChI is InChI=1S/C11H14N2O3/c1-8(14)6-7-12-11(16)13-9-4-2-3-5-10(9)15/h2-5,15H,6-7H2,1H3,(H2,12,13,16). The predicted octanol–water partition coefficient (Wildman–Crippen LogP) is 1.49. The lowest BCUT2D eigenvalue weighted by Gasteiger charge is -2.07. The fourth-order valence-electron chi connectivity index (χ4n) is 1.10. The number of phenolic OH excluding ortho intramolecular Hbond substituents is 1. The van der Waals surface area contributed by atoms with Crippen LogP contribution < -0.4 is 10.6 Å². The second kappa shape index (κ2) is 5.75. The van der Waals surface area contributed by atoms with Crippen molar-refractivity contribution in [3.05, 3.63) is 24.3 Å². The van der Waals surface area contributed by atoms with E-state index in [1.165, 1.54) is 13.0 Å². The highest BCUT2D eigenvalue weighted by atomic mass is 16.3. The van der Waals surface area contributed by atoms with Crippen molar-refractivity contribution in [2.75, 3.05) is 11.9 Å². The number of hydrogen-bond acceptors (Lipinski definition) is 3.